The maximum atomic E-state index is 14.5. The van der Waals surface area contributed by atoms with E-state index in [4.69, 9.17) is 11.5 Å². The van der Waals surface area contributed by atoms with Gasteiger partial charge in [0.25, 0.3) is 0 Å². The van der Waals surface area contributed by atoms with Gasteiger partial charge in [-0.25, -0.2) is 4.98 Å². The molecule has 3 heterocycles. The van der Waals surface area contributed by atoms with Gasteiger partial charge in [-0.15, -0.1) is 0 Å². The number of hydrogen-bond donors (Lipinski definition) is 11. The van der Waals surface area contributed by atoms with Gasteiger partial charge in [-0.3, -0.25) is 48.2 Å². The molecule has 0 bridgehead atoms. The second kappa shape index (κ2) is 26.7. The zero-order valence-corrected chi connectivity index (χ0v) is 40.2. The number of H-pyrrole nitrogens is 1. The molecule has 1 aromatic carbocycles. The van der Waals surface area contributed by atoms with Crippen molar-refractivity contribution in [2.24, 2.45) is 28.3 Å². The molecule has 0 aliphatic carbocycles. The number of benzene rings is 1. The van der Waals surface area contributed by atoms with E-state index < -0.39 is 95.5 Å². The molecule has 1 aromatic heterocycles. The molecule has 2 aromatic rings. The Morgan fingerprint density at radius 1 is 0.797 bits per heavy atom. The van der Waals surface area contributed by atoms with Gasteiger partial charge < -0.3 is 63.5 Å². The fourth-order valence-corrected chi connectivity index (χ4v) is 8.19. The number of carbonyl (C=O) groups excluding carboxylic acids is 7. The lowest BCUT2D eigenvalue weighted by molar-refractivity contribution is -0.144. The van der Waals surface area contributed by atoms with Gasteiger partial charge in [-0.05, 0) is 88.1 Å². The Bertz CT molecular complexity index is 2090. The molecule has 4 rings (SSSR count). The predicted octanol–water partition coefficient (Wildman–Crippen LogP) is -1.24. The van der Waals surface area contributed by atoms with Crippen molar-refractivity contribution >= 4 is 53.3 Å². The first-order chi connectivity index (χ1) is 32.8. The van der Waals surface area contributed by atoms with Gasteiger partial charge in [0.2, 0.25) is 41.4 Å². The number of hydrogen-bond acceptors (Lipinski definition) is 12. The Hall–Kier alpha value is -6.78. The van der Waals surface area contributed by atoms with Crippen LogP contribution in [0.2, 0.25) is 0 Å². The second-order valence-electron chi connectivity index (χ2n) is 18.2. The van der Waals surface area contributed by atoms with Crippen molar-refractivity contribution in [2.45, 2.75) is 135 Å². The van der Waals surface area contributed by atoms with Gasteiger partial charge in [-0.2, -0.15) is 0 Å². The minimum absolute atomic E-state index is 0.0322. The number of phenols is 1. The van der Waals surface area contributed by atoms with E-state index in [2.05, 4.69) is 46.9 Å². The van der Waals surface area contributed by atoms with Crippen molar-refractivity contribution in [3.8, 4) is 5.75 Å². The molecule has 23 heteroatoms. The van der Waals surface area contributed by atoms with Crippen molar-refractivity contribution in [3.63, 3.8) is 0 Å². The predicted molar refractivity (Wildman–Crippen MR) is 254 cm³/mol. The third kappa shape index (κ3) is 17.0. The van der Waals surface area contributed by atoms with Crippen LogP contribution >= 0.6 is 0 Å². The number of carboxylic acid groups (broad SMARTS) is 1. The average Bonchev–Trinajstić information content (AvgIpc) is 4.12. The van der Waals surface area contributed by atoms with Crippen molar-refractivity contribution in [2.75, 3.05) is 32.7 Å². The fraction of sp³-hybridized carbons (Fsp3) is 0.609. The van der Waals surface area contributed by atoms with Crippen LogP contribution in [0.3, 0.4) is 0 Å². The highest BCUT2D eigenvalue weighted by Crippen LogP contribution is 2.21. The smallest absolute Gasteiger partial charge is 0.325 e. The number of phenolic OH excluding ortho intramolecular Hbond substituents is 1. The van der Waals surface area contributed by atoms with Gasteiger partial charge in [-0.1, -0.05) is 46.2 Å². The number of rotatable bonds is 26. The lowest BCUT2D eigenvalue weighted by Crippen LogP contribution is -2.62. The molecule has 2 aliphatic rings. The quantitative estimate of drug-likeness (QED) is 0.0299. The molecule has 69 heavy (non-hydrogen) atoms. The van der Waals surface area contributed by atoms with Gasteiger partial charge >= 0.3 is 5.97 Å². The van der Waals surface area contributed by atoms with Crippen LogP contribution in [0.5, 0.6) is 5.75 Å². The van der Waals surface area contributed by atoms with E-state index in [0.29, 0.717) is 30.5 Å². The topological polar surface area (TPSA) is 349 Å². The molecule has 0 spiro atoms. The molecule has 0 saturated carbocycles. The summed E-state index contributed by atoms with van der Waals surface area (Å²) in [6.45, 7) is 10.2. The van der Waals surface area contributed by atoms with Gasteiger partial charge in [0, 0.05) is 37.8 Å². The molecule has 0 unspecified atom stereocenters. The van der Waals surface area contributed by atoms with E-state index in [1.807, 2.05) is 11.8 Å². The van der Waals surface area contributed by atoms with Crippen LogP contribution in [0.15, 0.2) is 41.8 Å². The molecule has 23 nitrogen and oxygen atoms in total. The molecule has 2 saturated heterocycles. The third-order valence-electron chi connectivity index (χ3n) is 12.4. The number of nitrogens with two attached hydrogens (primary N) is 2. The zero-order chi connectivity index (χ0) is 50.8. The number of nitrogens with zero attached hydrogens (tertiary/aromatic N) is 4. The highest BCUT2D eigenvalue weighted by atomic mass is 16.4. The SMILES string of the molecule is CC[C@H](C)[C@H](NC(=O)[C@H](Cc1ccc(O)cc1)NC(=O)[C@@H](NC(=O)[C@H](CCCN=C(N)N)NC(=O)CN1CCCC1)C(C)C)C(=O)N[C@@H](Cc1cnc[nH]1)C(=O)N1CCC[C@H]1C(=O)N[C@H](C)C(=O)O. The number of nitrogens with one attached hydrogen (secondary N) is 7. The number of aromatic nitrogens is 2. The summed E-state index contributed by atoms with van der Waals surface area (Å²) in [6.07, 6.45) is 6.25. The Morgan fingerprint density at radius 3 is 2.04 bits per heavy atom. The van der Waals surface area contributed by atoms with Crippen molar-refractivity contribution in [1.29, 1.82) is 0 Å². The summed E-state index contributed by atoms with van der Waals surface area (Å²) in [5.74, 6) is -6.89. The molecule has 0 radical (unpaired) electrons. The normalized spacial score (nSPS) is 17.8. The monoisotopic (exact) mass is 966 g/mol. The highest BCUT2D eigenvalue weighted by Gasteiger charge is 2.40. The molecular formula is C46H71N13O10. The highest BCUT2D eigenvalue weighted by molar-refractivity contribution is 5.98. The number of likely N-dealkylation sites (tertiary alicyclic amines) is 2. The Morgan fingerprint density at radius 2 is 1.43 bits per heavy atom. The van der Waals surface area contributed by atoms with Gasteiger partial charge in [0.15, 0.2) is 5.96 Å². The first kappa shape index (κ1) is 54.8. The molecule has 2 aliphatic heterocycles. The third-order valence-corrected chi connectivity index (χ3v) is 12.4. The maximum absolute atomic E-state index is 14.5. The lowest BCUT2D eigenvalue weighted by Gasteiger charge is -2.32. The summed E-state index contributed by atoms with van der Waals surface area (Å²) in [7, 11) is 0. The van der Waals surface area contributed by atoms with Crippen LogP contribution in [-0.2, 0) is 51.2 Å². The van der Waals surface area contributed by atoms with E-state index in [1.165, 1.54) is 36.5 Å². The zero-order valence-electron chi connectivity index (χ0n) is 40.2. The van der Waals surface area contributed by atoms with Crippen LogP contribution in [0.1, 0.15) is 90.8 Å². The van der Waals surface area contributed by atoms with Gasteiger partial charge in [0.05, 0.1) is 12.9 Å². The number of carboxylic acids is 1. The number of aromatic amines is 1. The number of imidazole rings is 1. The summed E-state index contributed by atoms with van der Waals surface area (Å²) in [5, 5.41) is 35.7. The number of aliphatic imine (C=N–C) groups is 1. The first-order valence-electron chi connectivity index (χ1n) is 23.6. The van der Waals surface area contributed by atoms with E-state index in [0.717, 1.165) is 25.9 Å². The summed E-state index contributed by atoms with van der Waals surface area (Å²) in [5.41, 5.74) is 12.0. The molecule has 380 valence electrons. The van der Waals surface area contributed by atoms with Crippen molar-refractivity contribution in [1.82, 2.24) is 51.7 Å². The molecule has 8 atom stereocenters. The number of carbonyl (C=O) groups is 8. The first-order valence-corrected chi connectivity index (χ1v) is 23.6. The van der Waals surface area contributed by atoms with Crippen LogP contribution in [0, 0.1) is 11.8 Å². The van der Waals surface area contributed by atoms with Crippen molar-refractivity contribution < 1.29 is 48.6 Å². The van der Waals surface area contributed by atoms with E-state index in [9.17, 15) is 48.6 Å². The standard InChI is InChI=1S/C46H71N13O10/c1-6-27(4)38(43(66)55-34(22-30-23-49-25-51-30)44(67)59-20-10-12-35(59)41(64)52-28(5)45(68)69)57-40(63)33(21-29-13-15-31(60)16-14-29)54-42(65)37(26(2)3)56-39(62)32(11-9-17-50-46(47)48)53-36(61)24-58-18-7-8-19-58/h13-16,23,25-28,32-35,37-38,60H,6-12,17-22,24H2,1-5H3,(H,49,51)(H,52,64)(H,53,61)(H,54,65)(H,55,66)(H,56,62)(H,57,63)(H,68,69)(H4,47,48,50)/t27-,28+,32-,33-,34-,35-,37-,38-/m0/s1. The minimum Gasteiger partial charge on any atom is -0.508 e. The molecule has 7 amide bonds. The summed E-state index contributed by atoms with van der Waals surface area (Å²) < 4.78 is 0. The second-order valence-corrected chi connectivity index (χ2v) is 18.2. The molecule has 13 N–H and O–H groups in total. The van der Waals surface area contributed by atoms with E-state index in [1.54, 1.807) is 32.9 Å². The molecular weight excluding hydrogens is 895 g/mol. The van der Waals surface area contributed by atoms with Gasteiger partial charge in [0.1, 0.15) is 48.0 Å². The Balaban J connectivity index is 1.57. The van der Waals surface area contributed by atoms with E-state index in [-0.39, 0.29) is 62.9 Å². The summed E-state index contributed by atoms with van der Waals surface area (Å²) in [4.78, 5) is 123. The van der Waals surface area contributed by atoms with Crippen LogP contribution in [-0.4, -0.2) is 158 Å². The fourth-order valence-electron chi connectivity index (χ4n) is 8.19. The Labute approximate surface area is 402 Å². The number of amides is 7. The number of guanidine groups is 1. The average molecular weight is 966 g/mol. The Kier molecular flexibility index (Phi) is 21.2. The van der Waals surface area contributed by atoms with Crippen LogP contribution in [0.4, 0.5) is 0 Å². The summed E-state index contributed by atoms with van der Waals surface area (Å²) in [6, 6.07) is -2.31. The molecule has 2 fully saturated rings. The summed E-state index contributed by atoms with van der Waals surface area (Å²) >= 11 is 0. The minimum atomic E-state index is -1.34. The largest absolute Gasteiger partial charge is 0.508 e. The van der Waals surface area contributed by atoms with Crippen LogP contribution in [0.25, 0.3) is 0 Å². The number of aliphatic carboxylic acids is 1. The lowest BCUT2D eigenvalue weighted by atomic mass is 9.96. The maximum Gasteiger partial charge on any atom is 0.325 e. The van der Waals surface area contributed by atoms with E-state index >= 15 is 0 Å². The number of aromatic hydroxyl groups is 1. The van der Waals surface area contributed by atoms with Crippen LogP contribution < -0.4 is 43.4 Å². The van der Waals surface area contributed by atoms with Crippen molar-refractivity contribution in [3.05, 3.63) is 48.0 Å².